The lowest BCUT2D eigenvalue weighted by molar-refractivity contribution is 0.108. The van der Waals surface area contributed by atoms with Crippen molar-refractivity contribution >= 4 is 22.2 Å². The van der Waals surface area contributed by atoms with Gasteiger partial charge in [0.1, 0.15) is 6.10 Å². The van der Waals surface area contributed by atoms with E-state index in [0.29, 0.717) is 6.54 Å². The molecule has 22 heavy (non-hydrogen) atoms. The summed E-state index contributed by atoms with van der Waals surface area (Å²) < 4.78 is 0. The zero-order valence-electron chi connectivity index (χ0n) is 12.7. The molecular formula is C18H20N2OS. The van der Waals surface area contributed by atoms with Crippen molar-refractivity contribution in [2.75, 3.05) is 13.1 Å². The molecule has 2 aromatic heterocycles. The number of hydrogen-bond donors (Lipinski definition) is 2. The number of aliphatic hydroxyl groups is 1. The number of benzene rings is 1. The van der Waals surface area contributed by atoms with Crippen LogP contribution in [-0.2, 0) is 13.0 Å². The molecule has 114 valence electrons. The van der Waals surface area contributed by atoms with E-state index in [1.54, 1.807) is 11.3 Å². The van der Waals surface area contributed by atoms with Crippen molar-refractivity contribution in [3.8, 4) is 0 Å². The van der Waals surface area contributed by atoms with E-state index in [9.17, 15) is 5.11 Å². The van der Waals surface area contributed by atoms with Crippen LogP contribution in [0.5, 0.6) is 0 Å². The minimum absolute atomic E-state index is 0.381. The number of aromatic nitrogens is 1. The highest BCUT2D eigenvalue weighted by molar-refractivity contribution is 7.10. The summed E-state index contributed by atoms with van der Waals surface area (Å²) in [5.41, 5.74) is 5.35. The number of rotatable bonds is 3. The fourth-order valence-electron chi connectivity index (χ4n) is 3.41. The number of fused-ring (bicyclic) bond motifs is 3. The Morgan fingerprint density at radius 1 is 1.32 bits per heavy atom. The van der Waals surface area contributed by atoms with Gasteiger partial charge in [0.25, 0.3) is 0 Å². The molecule has 0 radical (unpaired) electrons. The lowest BCUT2D eigenvalue weighted by atomic mass is 10.0. The van der Waals surface area contributed by atoms with Crippen LogP contribution in [0.15, 0.2) is 35.7 Å². The zero-order chi connectivity index (χ0) is 15.1. The van der Waals surface area contributed by atoms with Gasteiger partial charge in [0, 0.05) is 47.5 Å². The number of H-pyrrole nitrogens is 1. The number of β-amino-alcohol motifs (C(OH)–C–C–N with tert-alkyl or cyclic N) is 1. The maximum Gasteiger partial charge on any atom is 0.101 e. The van der Waals surface area contributed by atoms with Gasteiger partial charge in [-0.15, -0.1) is 11.3 Å². The van der Waals surface area contributed by atoms with Gasteiger partial charge in [-0.05, 0) is 29.5 Å². The fraction of sp³-hybridized carbons (Fsp3) is 0.333. The Morgan fingerprint density at radius 3 is 3.05 bits per heavy atom. The maximum atomic E-state index is 10.4. The molecule has 0 spiro atoms. The Kier molecular flexibility index (Phi) is 3.53. The first kappa shape index (κ1) is 14.0. The minimum Gasteiger partial charge on any atom is -0.386 e. The summed E-state index contributed by atoms with van der Waals surface area (Å²) >= 11 is 1.63. The normalized spacial score (nSPS) is 16.8. The standard InChI is InChI=1S/C18H20N2OS/c1-12-4-2-5-13-14-10-20(8-7-15(14)19-18(12)13)11-16(21)17-6-3-9-22-17/h2-6,9,16,19,21H,7-8,10-11H2,1H3/t16-/m1/s1. The van der Waals surface area contributed by atoms with Crippen LogP contribution < -0.4 is 0 Å². The van der Waals surface area contributed by atoms with Crippen molar-refractivity contribution in [3.63, 3.8) is 0 Å². The van der Waals surface area contributed by atoms with Gasteiger partial charge in [-0.2, -0.15) is 0 Å². The number of nitrogens with zero attached hydrogens (tertiary/aromatic N) is 1. The van der Waals surface area contributed by atoms with Crippen LogP contribution in [0.4, 0.5) is 0 Å². The Hall–Kier alpha value is -1.62. The van der Waals surface area contributed by atoms with E-state index in [0.717, 1.165) is 24.4 Å². The molecule has 0 saturated heterocycles. The molecule has 0 saturated carbocycles. The summed E-state index contributed by atoms with van der Waals surface area (Å²) in [7, 11) is 0. The second-order valence-electron chi connectivity index (χ2n) is 6.10. The smallest absolute Gasteiger partial charge is 0.101 e. The van der Waals surface area contributed by atoms with Crippen molar-refractivity contribution in [1.29, 1.82) is 0 Å². The van der Waals surface area contributed by atoms with Crippen LogP contribution in [0, 0.1) is 6.92 Å². The van der Waals surface area contributed by atoms with Crippen LogP contribution in [0.2, 0.25) is 0 Å². The van der Waals surface area contributed by atoms with E-state index >= 15 is 0 Å². The highest BCUT2D eigenvalue weighted by atomic mass is 32.1. The first-order valence-electron chi connectivity index (χ1n) is 7.75. The molecule has 0 aliphatic carbocycles. The zero-order valence-corrected chi connectivity index (χ0v) is 13.5. The molecule has 1 atom stereocenters. The summed E-state index contributed by atoms with van der Waals surface area (Å²) in [6, 6.07) is 10.5. The number of thiophene rings is 1. The molecule has 0 unspecified atom stereocenters. The van der Waals surface area contributed by atoms with Crippen LogP contribution in [0.1, 0.15) is 27.8 Å². The van der Waals surface area contributed by atoms with Crippen LogP contribution in [0.3, 0.4) is 0 Å². The third-order valence-electron chi connectivity index (χ3n) is 4.60. The molecule has 3 nitrogen and oxygen atoms in total. The van der Waals surface area contributed by atoms with Gasteiger partial charge in [-0.3, -0.25) is 4.90 Å². The molecule has 0 bridgehead atoms. The lowest BCUT2D eigenvalue weighted by Crippen LogP contribution is -2.33. The van der Waals surface area contributed by atoms with Crippen LogP contribution >= 0.6 is 11.3 Å². The molecule has 3 aromatic rings. The number of para-hydroxylation sites is 1. The topological polar surface area (TPSA) is 39.3 Å². The largest absolute Gasteiger partial charge is 0.386 e. The molecule has 2 N–H and O–H groups in total. The molecule has 1 aromatic carbocycles. The van der Waals surface area contributed by atoms with Crippen molar-refractivity contribution in [3.05, 3.63) is 57.4 Å². The van der Waals surface area contributed by atoms with Gasteiger partial charge in [0.05, 0.1) is 0 Å². The fourth-order valence-corrected chi connectivity index (χ4v) is 4.11. The SMILES string of the molecule is Cc1cccc2c3c([nH]c12)CCN(C[C@@H](O)c1cccs1)C3. The molecule has 4 rings (SSSR count). The Bertz CT molecular complexity index is 791. The van der Waals surface area contributed by atoms with Crippen LogP contribution in [0.25, 0.3) is 10.9 Å². The van der Waals surface area contributed by atoms with Crippen molar-refractivity contribution < 1.29 is 5.11 Å². The maximum absolute atomic E-state index is 10.4. The predicted molar refractivity (Wildman–Crippen MR) is 91.3 cm³/mol. The molecule has 0 amide bonds. The van der Waals surface area contributed by atoms with Gasteiger partial charge < -0.3 is 10.1 Å². The van der Waals surface area contributed by atoms with Gasteiger partial charge in [-0.25, -0.2) is 0 Å². The summed E-state index contributed by atoms with van der Waals surface area (Å²) in [6.45, 7) is 4.78. The van der Waals surface area contributed by atoms with E-state index < -0.39 is 0 Å². The quantitative estimate of drug-likeness (QED) is 0.775. The van der Waals surface area contributed by atoms with Gasteiger partial charge in [0.15, 0.2) is 0 Å². The third kappa shape index (κ3) is 2.37. The van der Waals surface area contributed by atoms with Gasteiger partial charge in [0.2, 0.25) is 0 Å². The third-order valence-corrected chi connectivity index (χ3v) is 5.57. The average Bonchev–Trinajstić information content (AvgIpc) is 3.15. The predicted octanol–water partition coefficient (Wildman–Crippen LogP) is 3.63. The molecule has 0 fully saturated rings. The molecular weight excluding hydrogens is 292 g/mol. The van der Waals surface area contributed by atoms with Gasteiger partial charge >= 0.3 is 0 Å². The van der Waals surface area contributed by atoms with E-state index in [-0.39, 0.29) is 6.10 Å². The summed E-state index contributed by atoms with van der Waals surface area (Å²) in [6.07, 6.45) is 0.647. The first-order valence-corrected chi connectivity index (χ1v) is 8.63. The Labute approximate surface area is 134 Å². The molecule has 4 heteroatoms. The monoisotopic (exact) mass is 312 g/mol. The number of nitrogens with one attached hydrogen (secondary N) is 1. The molecule has 3 heterocycles. The second-order valence-corrected chi connectivity index (χ2v) is 7.08. The van der Waals surface area contributed by atoms with E-state index in [4.69, 9.17) is 0 Å². The minimum atomic E-state index is -0.381. The number of aliphatic hydroxyl groups excluding tert-OH is 1. The summed E-state index contributed by atoms with van der Waals surface area (Å²) in [4.78, 5) is 7.02. The summed E-state index contributed by atoms with van der Waals surface area (Å²) in [5.74, 6) is 0. The number of hydrogen-bond acceptors (Lipinski definition) is 3. The van der Waals surface area contributed by atoms with Gasteiger partial charge in [-0.1, -0.05) is 24.3 Å². The van der Waals surface area contributed by atoms with Crippen molar-refractivity contribution in [2.45, 2.75) is 26.0 Å². The average molecular weight is 312 g/mol. The summed E-state index contributed by atoms with van der Waals surface area (Å²) in [5, 5.41) is 13.7. The van der Waals surface area contributed by atoms with Crippen LogP contribution in [-0.4, -0.2) is 28.1 Å². The second kappa shape index (κ2) is 5.54. The first-order chi connectivity index (χ1) is 10.7. The lowest BCUT2D eigenvalue weighted by Gasteiger charge is -2.28. The van der Waals surface area contributed by atoms with Crippen molar-refractivity contribution in [2.24, 2.45) is 0 Å². The molecule has 1 aliphatic rings. The Morgan fingerprint density at radius 2 is 2.23 bits per heavy atom. The van der Waals surface area contributed by atoms with E-state index in [1.807, 2.05) is 17.5 Å². The van der Waals surface area contributed by atoms with E-state index in [1.165, 1.54) is 27.7 Å². The van der Waals surface area contributed by atoms with E-state index in [2.05, 4.69) is 35.0 Å². The highest BCUT2D eigenvalue weighted by Crippen LogP contribution is 2.30. The molecule has 1 aliphatic heterocycles. The number of aromatic amines is 1. The number of aryl methyl sites for hydroxylation is 1. The highest BCUT2D eigenvalue weighted by Gasteiger charge is 2.23. The van der Waals surface area contributed by atoms with Crippen molar-refractivity contribution in [1.82, 2.24) is 9.88 Å². The Balaban J connectivity index is 1.58.